The molecule has 2 rings (SSSR count). The van der Waals surface area contributed by atoms with Crippen molar-refractivity contribution in [2.45, 2.75) is 35.8 Å². The van der Waals surface area contributed by atoms with Gasteiger partial charge < -0.3 is 0 Å². The Kier molecular flexibility index (Phi) is 4.23. The van der Waals surface area contributed by atoms with Gasteiger partial charge in [0.1, 0.15) is 5.78 Å². The maximum atomic E-state index is 12.3. The van der Waals surface area contributed by atoms with E-state index in [0.29, 0.717) is 27.8 Å². The third kappa shape index (κ3) is 2.90. The molecule has 0 aromatic heterocycles. The third-order valence-electron chi connectivity index (χ3n) is 2.87. The number of hydrogen-bond acceptors (Lipinski definition) is 2. The second-order valence-electron chi connectivity index (χ2n) is 4.07. The summed E-state index contributed by atoms with van der Waals surface area (Å²) in [5.74, 6) is 0.0747. The number of rotatable bonds is 2. The summed E-state index contributed by atoms with van der Waals surface area (Å²) in [6.07, 6.45) is 3.04. The molecule has 1 aromatic rings. The summed E-state index contributed by atoms with van der Waals surface area (Å²) in [7, 11) is -1.39. The van der Waals surface area contributed by atoms with Gasteiger partial charge in [0.2, 0.25) is 0 Å². The zero-order valence-corrected chi connectivity index (χ0v) is 11.4. The molecule has 1 aliphatic carbocycles. The minimum atomic E-state index is -1.39. The van der Waals surface area contributed by atoms with Crippen molar-refractivity contribution in [3.05, 3.63) is 28.2 Å². The Morgan fingerprint density at radius 1 is 1.24 bits per heavy atom. The van der Waals surface area contributed by atoms with E-state index in [9.17, 15) is 9.00 Å². The summed E-state index contributed by atoms with van der Waals surface area (Å²) in [6.45, 7) is 0. The molecule has 92 valence electrons. The molecule has 1 fully saturated rings. The van der Waals surface area contributed by atoms with Gasteiger partial charge in [-0.1, -0.05) is 29.6 Å². The van der Waals surface area contributed by atoms with E-state index in [2.05, 4.69) is 0 Å². The van der Waals surface area contributed by atoms with Gasteiger partial charge in [-0.2, -0.15) is 0 Å². The standard InChI is InChI=1S/C12H12Cl2O2S/c13-8-5-6-9(14)12(7-8)17(16)11-4-2-1-3-10(11)15/h5-7,11H,1-4H2. The molecule has 0 aliphatic heterocycles. The van der Waals surface area contributed by atoms with E-state index in [-0.39, 0.29) is 5.78 Å². The largest absolute Gasteiger partial charge is 0.298 e. The highest BCUT2D eigenvalue weighted by Gasteiger charge is 2.29. The lowest BCUT2D eigenvalue weighted by atomic mass is 9.99. The van der Waals surface area contributed by atoms with Crippen LogP contribution in [0.3, 0.4) is 0 Å². The highest BCUT2D eigenvalue weighted by atomic mass is 35.5. The predicted octanol–water partition coefficient (Wildman–Crippen LogP) is 3.61. The molecule has 0 heterocycles. The highest BCUT2D eigenvalue weighted by Crippen LogP contribution is 2.29. The maximum absolute atomic E-state index is 12.3. The minimum absolute atomic E-state index is 0.0747. The van der Waals surface area contributed by atoms with Crippen molar-refractivity contribution in [1.29, 1.82) is 0 Å². The molecule has 2 atom stereocenters. The van der Waals surface area contributed by atoms with Crippen molar-refractivity contribution in [2.75, 3.05) is 0 Å². The van der Waals surface area contributed by atoms with Gasteiger partial charge in [-0.15, -0.1) is 0 Å². The summed E-state index contributed by atoms with van der Waals surface area (Å²) in [5, 5.41) is 0.479. The van der Waals surface area contributed by atoms with E-state index >= 15 is 0 Å². The van der Waals surface area contributed by atoms with Crippen LogP contribution in [0.4, 0.5) is 0 Å². The van der Waals surface area contributed by atoms with Gasteiger partial charge in [0.05, 0.1) is 26.0 Å². The predicted molar refractivity (Wildman–Crippen MR) is 70.1 cm³/mol. The lowest BCUT2D eigenvalue weighted by Crippen LogP contribution is -2.29. The molecular weight excluding hydrogens is 279 g/mol. The van der Waals surface area contributed by atoms with Crippen LogP contribution in [-0.4, -0.2) is 15.2 Å². The molecule has 0 spiro atoms. The second-order valence-corrected chi connectivity index (χ2v) is 6.52. The van der Waals surface area contributed by atoms with Crippen LogP contribution in [0, 0.1) is 0 Å². The van der Waals surface area contributed by atoms with Gasteiger partial charge in [-0.05, 0) is 31.0 Å². The summed E-state index contributed by atoms with van der Waals surface area (Å²) in [5.41, 5.74) is 0. The van der Waals surface area contributed by atoms with Crippen LogP contribution >= 0.6 is 23.2 Å². The van der Waals surface area contributed by atoms with Crippen molar-refractivity contribution >= 4 is 39.8 Å². The quantitative estimate of drug-likeness (QED) is 0.834. The van der Waals surface area contributed by atoms with Crippen LogP contribution < -0.4 is 0 Å². The van der Waals surface area contributed by atoms with E-state index in [0.717, 1.165) is 12.8 Å². The summed E-state index contributed by atoms with van der Waals surface area (Å²) in [6, 6.07) is 4.85. The van der Waals surface area contributed by atoms with Crippen LogP contribution in [0.5, 0.6) is 0 Å². The first-order chi connectivity index (χ1) is 8.09. The van der Waals surface area contributed by atoms with Gasteiger partial charge in [0, 0.05) is 11.4 Å². The molecule has 5 heteroatoms. The number of benzene rings is 1. The van der Waals surface area contributed by atoms with E-state index in [4.69, 9.17) is 23.2 Å². The molecule has 2 unspecified atom stereocenters. The normalized spacial score (nSPS) is 22.5. The molecule has 1 saturated carbocycles. The average Bonchev–Trinajstić information content (AvgIpc) is 2.32. The Morgan fingerprint density at radius 2 is 2.00 bits per heavy atom. The van der Waals surface area contributed by atoms with Gasteiger partial charge >= 0.3 is 0 Å². The fourth-order valence-electron chi connectivity index (χ4n) is 1.96. The van der Waals surface area contributed by atoms with E-state index < -0.39 is 16.0 Å². The summed E-state index contributed by atoms with van der Waals surface area (Å²) in [4.78, 5) is 12.2. The van der Waals surface area contributed by atoms with Gasteiger partial charge in [0.25, 0.3) is 0 Å². The fourth-order valence-corrected chi connectivity index (χ4v) is 4.09. The maximum Gasteiger partial charge on any atom is 0.148 e. The monoisotopic (exact) mass is 290 g/mol. The molecule has 0 amide bonds. The fraction of sp³-hybridized carbons (Fsp3) is 0.417. The molecule has 0 saturated heterocycles. The van der Waals surface area contributed by atoms with Crippen molar-refractivity contribution in [1.82, 2.24) is 0 Å². The molecule has 1 aliphatic rings. The number of Topliss-reactive ketones (excluding diaryl/α,β-unsaturated/α-hetero) is 1. The Labute approximate surface area is 113 Å². The van der Waals surface area contributed by atoms with E-state index in [1.165, 1.54) is 0 Å². The Bertz CT molecular complexity index is 474. The van der Waals surface area contributed by atoms with Crippen molar-refractivity contribution in [3.8, 4) is 0 Å². The topological polar surface area (TPSA) is 34.1 Å². The Hall–Kier alpha value is -0.380. The average molecular weight is 291 g/mol. The third-order valence-corrected chi connectivity index (χ3v) is 5.33. The first-order valence-electron chi connectivity index (χ1n) is 5.48. The molecule has 0 N–H and O–H groups in total. The smallest absolute Gasteiger partial charge is 0.148 e. The zero-order chi connectivity index (χ0) is 12.4. The molecule has 17 heavy (non-hydrogen) atoms. The first-order valence-corrected chi connectivity index (χ1v) is 7.45. The number of halogens is 2. The van der Waals surface area contributed by atoms with Crippen molar-refractivity contribution in [2.24, 2.45) is 0 Å². The molecule has 0 bridgehead atoms. The minimum Gasteiger partial charge on any atom is -0.298 e. The lowest BCUT2D eigenvalue weighted by Gasteiger charge is -2.20. The SMILES string of the molecule is O=C1CCCCC1S(=O)c1cc(Cl)ccc1Cl. The van der Waals surface area contributed by atoms with Crippen molar-refractivity contribution < 1.29 is 9.00 Å². The van der Waals surface area contributed by atoms with Gasteiger partial charge in [0.15, 0.2) is 0 Å². The molecular formula is C12H12Cl2O2S. The number of ketones is 1. The number of hydrogen-bond donors (Lipinski definition) is 0. The zero-order valence-electron chi connectivity index (χ0n) is 9.12. The summed E-state index contributed by atoms with van der Waals surface area (Å²) < 4.78 is 12.3. The van der Waals surface area contributed by atoms with Crippen molar-refractivity contribution in [3.63, 3.8) is 0 Å². The molecule has 1 aromatic carbocycles. The Balaban J connectivity index is 2.29. The van der Waals surface area contributed by atoms with E-state index in [1.54, 1.807) is 18.2 Å². The van der Waals surface area contributed by atoms with Gasteiger partial charge in [-0.3, -0.25) is 9.00 Å². The second kappa shape index (κ2) is 5.51. The van der Waals surface area contributed by atoms with Gasteiger partial charge in [-0.25, -0.2) is 0 Å². The molecule has 2 nitrogen and oxygen atoms in total. The van der Waals surface area contributed by atoms with Crippen LogP contribution in [0.1, 0.15) is 25.7 Å². The summed E-state index contributed by atoms with van der Waals surface area (Å²) >= 11 is 11.9. The first kappa shape index (κ1) is 13.1. The highest BCUT2D eigenvalue weighted by molar-refractivity contribution is 7.86. The molecule has 0 radical (unpaired) electrons. The number of carbonyl (C=O) groups excluding carboxylic acids is 1. The number of carbonyl (C=O) groups is 1. The van der Waals surface area contributed by atoms with Crippen LogP contribution in [-0.2, 0) is 15.6 Å². The lowest BCUT2D eigenvalue weighted by molar-refractivity contribution is -0.119. The van der Waals surface area contributed by atoms with Crippen LogP contribution in [0.15, 0.2) is 23.1 Å². The van der Waals surface area contributed by atoms with Crippen LogP contribution in [0.25, 0.3) is 0 Å². The Morgan fingerprint density at radius 3 is 2.71 bits per heavy atom. The van der Waals surface area contributed by atoms with E-state index in [1.807, 2.05) is 0 Å². The van der Waals surface area contributed by atoms with Crippen LogP contribution in [0.2, 0.25) is 10.0 Å².